The number of hydrogen-bond acceptors (Lipinski definition) is 4. The van der Waals surface area contributed by atoms with Gasteiger partial charge in [0, 0.05) is 11.4 Å². The van der Waals surface area contributed by atoms with Gasteiger partial charge in [-0.05, 0) is 52.0 Å². The van der Waals surface area contributed by atoms with Crippen LogP contribution in [0.2, 0.25) is 0 Å². The van der Waals surface area contributed by atoms with E-state index in [-0.39, 0.29) is 15.9 Å². The van der Waals surface area contributed by atoms with Crippen LogP contribution in [-0.4, -0.2) is 8.42 Å². The van der Waals surface area contributed by atoms with Crippen molar-refractivity contribution in [2.75, 3.05) is 4.72 Å². The quantitative estimate of drug-likeness (QED) is 0.857. The molecule has 3 N–H and O–H groups in total. The lowest BCUT2D eigenvalue weighted by molar-refractivity contribution is 0.600. The Kier molecular flexibility index (Phi) is 4.48. The molecule has 0 radical (unpaired) electrons. The Bertz CT molecular complexity index is 744. The molecule has 4 nitrogen and oxygen atoms in total. The Morgan fingerprint density at radius 1 is 1.45 bits per heavy atom. The third-order valence-corrected chi connectivity index (χ3v) is 5.82. The highest BCUT2D eigenvalue weighted by atomic mass is 79.9. The van der Waals surface area contributed by atoms with Gasteiger partial charge in [0.25, 0.3) is 10.0 Å². The largest absolute Gasteiger partial charge is 0.326 e. The maximum atomic E-state index is 13.3. The number of benzene rings is 1. The van der Waals surface area contributed by atoms with Gasteiger partial charge in [-0.25, -0.2) is 12.8 Å². The molecule has 0 amide bonds. The van der Waals surface area contributed by atoms with Crippen LogP contribution in [-0.2, 0) is 16.6 Å². The first-order valence-corrected chi connectivity index (χ1v) is 8.75. The van der Waals surface area contributed by atoms with Crippen molar-refractivity contribution in [3.05, 3.63) is 44.3 Å². The van der Waals surface area contributed by atoms with Gasteiger partial charge in [-0.1, -0.05) is 0 Å². The van der Waals surface area contributed by atoms with Crippen molar-refractivity contribution in [1.29, 1.82) is 0 Å². The van der Waals surface area contributed by atoms with Gasteiger partial charge in [0.05, 0.1) is 10.2 Å². The van der Waals surface area contributed by atoms with Gasteiger partial charge in [0.15, 0.2) is 0 Å². The molecule has 1 heterocycles. The summed E-state index contributed by atoms with van der Waals surface area (Å²) in [6.07, 6.45) is 0. The molecule has 1 aromatic heterocycles. The molecule has 0 saturated heterocycles. The first kappa shape index (κ1) is 15.4. The average molecular weight is 379 g/mol. The number of nitrogens with two attached hydrogens (primary N) is 1. The zero-order valence-electron chi connectivity index (χ0n) is 10.5. The molecule has 0 bridgehead atoms. The minimum atomic E-state index is -3.73. The van der Waals surface area contributed by atoms with E-state index in [0.29, 0.717) is 16.1 Å². The molecule has 108 valence electrons. The highest BCUT2D eigenvalue weighted by molar-refractivity contribution is 9.10. The first-order chi connectivity index (χ1) is 9.35. The van der Waals surface area contributed by atoms with E-state index in [1.165, 1.54) is 29.5 Å². The second-order valence-corrected chi connectivity index (χ2v) is 7.60. The van der Waals surface area contributed by atoms with Gasteiger partial charge in [-0.15, -0.1) is 11.3 Å². The molecule has 0 fully saturated rings. The summed E-state index contributed by atoms with van der Waals surface area (Å²) >= 11 is 4.32. The fraction of sp³-hybridized carbons (Fsp3) is 0.167. The normalized spacial score (nSPS) is 11.6. The summed E-state index contributed by atoms with van der Waals surface area (Å²) < 4.78 is 40.6. The molecular weight excluding hydrogens is 367 g/mol. The molecule has 0 atom stereocenters. The van der Waals surface area contributed by atoms with Crippen LogP contribution in [0, 0.1) is 12.7 Å². The van der Waals surface area contributed by atoms with Gasteiger partial charge >= 0.3 is 0 Å². The fourth-order valence-corrected chi connectivity index (χ4v) is 4.47. The molecule has 2 aromatic rings. The monoisotopic (exact) mass is 378 g/mol. The summed E-state index contributed by atoms with van der Waals surface area (Å²) in [5.74, 6) is -0.441. The van der Waals surface area contributed by atoms with Gasteiger partial charge in [-0.3, -0.25) is 4.72 Å². The van der Waals surface area contributed by atoms with Crippen LogP contribution in [0.1, 0.15) is 10.4 Å². The number of anilines is 1. The summed E-state index contributed by atoms with van der Waals surface area (Å²) in [5.41, 5.74) is 6.35. The van der Waals surface area contributed by atoms with Crippen LogP contribution in [0.4, 0.5) is 10.1 Å². The van der Waals surface area contributed by atoms with Crippen molar-refractivity contribution in [2.45, 2.75) is 18.4 Å². The number of aryl methyl sites for hydroxylation is 1. The SMILES string of the molecule is Cc1cc(F)c(Br)cc1NS(=O)(=O)c1ccsc1CN. The van der Waals surface area contributed by atoms with Crippen LogP contribution in [0.3, 0.4) is 0 Å². The number of halogens is 2. The molecule has 1 aromatic carbocycles. The summed E-state index contributed by atoms with van der Waals surface area (Å²) in [6, 6.07) is 4.17. The van der Waals surface area contributed by atoms with Crippen LogP contribution in [0.5, 0.6) is 0 Å². The van der Waals surface area contributed by atoms with E-state index in [0.717, 1.165) is 0 Å². The predicted octanol–water partition coefficient (Wildman–Crippen LogP) is 3.22. The third kappa shape index (κ3) is 3.03. The Labute approximate surface area is 129 Å². The second-order valence-electron chi connectivity index (χ2n) is 4.10. The molecular formula is C12H12BrFN2O2S2. The summed E-state index contributed by atoms with van der Waals surface area (Å²) in [4.78, 5) is 0.737. The van der Waals surface area contributed by atoms with E-state index >= 15 is 0 Å². The van der Waals surface area contributed by atoms with Gasteiger partial charge in [0.1, 0.15) is 10.7 Å². The summed E-state index contributed by atoms with van der Waals surface area (Å²) in [6.45, 7) is 1.78. The summed E-state index contributed by atoms with van der Waals surface area (Å²) in [7, 11) is -3.73. The minimum Gasteiger partial charge on any atom is -0.326 e. The smallest absolute Gasteiger partial charge is 0.263 e. The van der Waals surface area contributed by atoms with Crippen LogP contribution >= 0.6 is 27.3 Å². The zero-order valence-corrected chi connectivity index (χ0v) is 13.7. The highest BCUT2D eigenvalue weighted by Gasteiger charge is 2.20. The number of thiophene rings is 1. The van der Waals surface area contributed by atoms with E-state index in [2.05, 4.69) is 20.7 Å². The molecule has 0 spiro atoms. The highest BCUT2D eigenvalue weighted by Crippen LogP contribution is 2.28. The van der Waals surface area contributed by atoms with Crippen molar-refractivity contribution in [3.8, 4) is 0 Å². The third-order valence-electron chi connectivity index (χ3n) is 2.69. The molecule has 2 rings (SSSR count). The zero-order chi connectivity index (χ0) is 14.9. The lowest BCUT2D eigenvalue weighted by Gasteiger charge is -2.11. The Hall–Kier alpha value is -0.960. The number of sulfonamides is 1. The molecule has 0 aliphatic carbocycles. The summed E-state index contributed by atoms with van der Waals surface area (Å²) in [5, 5.41) is 1.67. The standard InChI is InChI=1S/C12H12BrFN2O2S2/c1-7-4-9(14)8(13)5-10(7)16-20(17,18)12-2-3-19-11(12)6-15/h2-5,16H,6,15H2,1H3. The topological polar surface area (TPSA) is 72.2 Å². The minimum absolute atomic E-state index is 0.153. The van der Waals surface area contributed by atoms with E-state index in [4.69, 9.17) is 5.73 Å². The van der Waals surface area contributed by atoms with Crippen molar-refractivity contribution in [1.82, 2.24) is 0 Å². The Morgan fingerprint density at radius 2 is 2.15 bits per heavy atom. The van der Waals surface area contributed by atoms with Crippen molar-refractivity contribution >= 4 is 43.0 Å². The van der Waals surface area contributed by atoms with Crippen LogP contribution < -0.4 is 10.5 Å². The maximum absolute atomic E-state index is 13.3. The van der Waals surface area contributed by atoms with Gasteiger partial charge in [0.2, 0.25) is 0 Å². The maximum Gasteiger partial charge on any atom is 0.263 e. The predicted molar refractivity (Wildman–Crippen MR) is 81.9 cm³/mol. The molecule has 0 unspecified atom stereocenters. The van der Waals surface area contributed by atoms with Crippen molar-refractivity contribution in [3.63, 3.8) is 0 Å². The Morgan fingerprint density at radius 3 is 2.80 bits per heavy atom. The molecule has 0 aliphatic heterocycles. The second kappa shape index (κ2) is 5.80. The van der Waals surface area contributed by atoms with Crippen molar-refractivity contribution in [2.24, 2.45) is 5.73 Å². The molecule has 8 heteroatoms. The molecule has 0 aliphatic rings. The first-order valence-electron chi connectivity index (χ1n) is 5.60. The van der Waals surface area contributed by atoms with E-state index in [1.807, 2.05) is 0 Å². The Balaban J connectivity index is 2.41. The van der Waals surface area contributed by atoms with Crippen molar-refractivity contribution < 1.29 is 12.8 Å². The number of nitrogens with one attached hydrogen (secondary N) is 1. The molecule has 20 heavy (non-hydrogen) atoms. The number of rotatable bonds is 4. The average Bonchev–Trinajstić information content (AvgIpc) is 2.84. The van der Waals surface area contributed by atoms with Gasteiger partial charge < -0.3 is 5.73 Å². The lowest BCUT2D eigenvalue weighted by Crippen LogP contribution is -2.15. The van der Waals surface area contributed by atoms with Crippen LogP contribution in [0.25, 0.3) is 0 Å². The fourth-order valence-electron chi connectivity index (χ4n) is 1.67. The van der Waals surface area contributed by atoms with E-state index < -0.39 is 15.8 Å². The number of hydrogen-bond donors (Lipinski definition) is 2. The molecule has 0 saturated carbocycles. The van der Waals surface area contributed by atoms with E-state index in [1.54, 1.807) is 12.3 Å². The van der Waals surface area contributed by atoms with Gasteiger partial charge in [-0.2, -0.15) is 0 Å². The van der Waals surface area contributed by atoms with E-state index in [9.17, 15) is 12.8 Å². The van der Waals surface area contributed by atoms with Crippen LogP contribution in [0.15, 0.2) is 32.9 Å². The lowest BCUT2D eigenvalue weighted by atomic mass is 10.2.